The molecule has 32 heavy (non-hydrogen) atoms. The van der Waals surface area contributed by atoms with Crippen molar-refractivity contribution >= 4 is 40.5 Å². The highest BCUT2D eigenvalue weighted by molar-refractivity contribution is 6.34. The largest absolute Gasteiger partial charge is 0.322 e. The first kappa shape index (κ1) is 19.9. The van der Waals surface area contributed by atoms with Gasteiger partial charge in [0.1, 0.15) is 0 Å². The van der Waals surface area contributed by atoms with E-state index in [2.05, 4.69) is 10.7 Å². The highest BCUT2D eigenvalue weighted by atomic mass is 35.5. The summed E-state index contributed by atoms with van der Waals surface area (Å²) in [6.45, 7) is 1.90. The molecule has 0 aromatic heterocycles. The van der Waals surface area contributed by atoms with E-state index in [0.717, 1.165) is 22.6 Å². The van der Waals surface area contributed by atoms with Crippen LogP contribution in [0.2, 0.25) is 5.02 Å². The van der Waals surface area contributed by atoms with Crippen LogP contribution in [-0.4, -0.2) is 11.8 Å². The van der Waals surface area contributed by atoms with E-state index < -0.39 is 0 Å². The molecule has 0 bridgehead atoms. The molecule has 0 saturated carbocycles. The summed E-state index contributed by atoms with van der Waals surface area (Å²) in [7, 11) is 0. The van der Waals surface area contributed by atoms with E-state index in [0.29, 0.717) is 21.8 Å². The van der Waals surface area contributed by atoms with Crippen molar-refractivity contribution in [3.05, 3.63) is 113 Å². The molecule has 3 aromatic carbocycles. The first-order valence-electron chi connectivity index (χ1n) is 10.1. The van der Waals surface area contributed by atoms with Crippen LogP contribution in [0.15, 0.2) is 90.9 Å². The summed E-state index contributed by atoms with van der Waals surface area (Å²) in [6, 6.07) is 19.8. The Balaban J connectivity index is 1.38. The van der Waals surface area contributed by atoms with Crippen molar-refractivity contribution in [1.82, 2.24) is 5.43 Å². The highest BCUT2D eigenvalue weighted by Crippen LogP contribution is 2.37. The molecule has 0 radical (unpaired) electrons. The number of carbonyl (C=O) groups excluding carboxylic acids is 2. The molecule has 2 aliphatic heterocycles. The second-order valence-corrected chi connectivity index (χ2v) is 7.94. The lowest BCUT2D eigenvalue weighted by molar-refractivity contribution is 0.0995. The Morgan fingerprint density at radius 2 is 1.72 bits per heavy atom. The summed E-state index contributed by atoms with van der Waals surface area (Å²) in [5.74, 6) is -0.461. The number of amides is 2. The second kappa shape index (κ2) is 7.90. The van der Waals surface area contributed by atoms with Gasteiger partial charge in [-0.05, 0) is 61.5 Å². The summed E-state index contributed by atoms with van der Waals surface area (Å²) in [5, 5.41) is 5.15. The lowest BCUT2D eigenvalue weighted by Crippen LogP contribution is -2.37. The molecule has 0 fully saturated rings. The molecule has 3 aromatic rings. The molecular formula is C25H19ClN4O2. The van der Waals surface area contributed by atoms with Crippen molar-refractivity contribution in [3.8, 4) is 0 Å². The Morgan fingerprint density at radius 3 is 2.50 bits per heavy atom. The van der Waals surface area contributed by atoms with Gasteiger partial charge in [0.05, 0.1) is 27.7 Å². The Bertz CT molecular complexity index is 1300. The number of hydrogen-bond acceptors (Lipinski definition) is 4. The molecule has 0 spiro atoms. The molecule has 158 valence electrons. The lowest BCUT2D eigenvalue weighted by Gasteiger charge is -2.33. The Morgan fingerprint density at radius 1 is 0.969 bits per heavy atom. The topological polar surface area (TPSA) is 64.7 Å². The fourth-order valence-electron chi connectivity index (χ4n) is 3.73. The van der Waals surface area contributed by atoms with E-state index >= 15 is 0 Å². The fraction of sp³-hybridized carbons (Fsp3) is 0.0400. The third-order valence-electron chi connectivity index (χ3n) is 5.33. The number of fused-ring (bicyclic) bond motifs is 3. The Hall–Kier alpha value is -4.03. The molecule has 0 atom stereocenters. The smallest absolute Gasteiger partial charge is 0.262 e. The van der Waals surface area contributed by atoms with Crippen LogP contribution < -0.4 is 20.7 Å². The van der Waals surface area contributed by atoms with Gasteiger partial charge in [0.2, 0.25) is 0 Å². The number of carbonyl (C=O) groups is 2. The molecule has 5 rings (SSSR count). The first-order valence-corrected chi connectivity index (χ1v) is 10.4. The van der Waals surface area contributed by atoms with Crippen LogP contribution in [0.5, 0.6) is 0 Å². The predicted octanol–water partition coefficient (Wildman–Crippen LogP) is 5.24. The number of halogens is 1. The molecule has 2 amide bonds. The van der Waals surface area contributed by atoms with Crippen LogP contribution in [0, 0.1) is 6.92 Å². The zero-order valence-corrected chi connectivity index (χ0v) is 17.9. The summed E-state index contributed by atoms with van der Waals surface area (Å²) < 4.78 is 0. The zero-order valence-electron chi connectivity index (χ0n) is 17.2. The van der Waals surface area contributed by atoms with Crippen LogP contribution in [0.3, 0.4) is 0 Å². The van der Waals surface area contributed by atoms with Gasteiger partial charge in [-0.25, -0.2) is 0 Å². The van der Waals surface area contributed by atoms with Gasteiger partial charge in [0.25, 0.3) is 11.8 Å². The fourth-order valence-corrected chi connectivity index (χ4v) is 3.93. The quantitative estimate of drug-likeness (QED) is 0.582. The average molecular weight is 443 g/mol. The lowest BCUT2D eigenvalue weighted by atomic mass is 10.1. The number of hydrogen-bond donors (Lipinski definition) is 2. The number of allylic oxidation sites excluding steroid dienone is 1. The molecule has 0 unspecified atom stereocenters. The number of anilines is 3. The minimum absolute atomic E-state index is 0.162. The normalized spacial score (nSPS) is 13.8. The maximum atomic E-state index is 13.3. The third-order valence-corrected chi connectivity index (χ3v) is 5.66. The number of aryl methyl sites for hydroxylation is 1. The van der Waals surface area contributed by atoms with Gasteiger partial charge in [-0.3, -0.25) is 19.5 Å². The van der Waals surface area contributed by atoms with E-state index in [1.165, 1.54) is 0 Å². The minimum Gasteiger partial charge on any atom is -0.322 e. The maximum Gasteiger partial charge on any atom is 0.262 e. The Kier molecular flexibility index (Phi) is 4.92. The van der Waals surface area contributed by atoms with Crippen LogP contribution in [0.4, 0.5) is 17.1 Å². The summed E-state index contributed by atoms with van der Waals surface area (Å²) in [4.78, 5) is 27.5. The number of nitrogens with one attached hydrogen (secondary N) is 2. The van der Waals surface area contributed by atoms with Crippen molar-refractivity contribution in [2.24, 2.45) is 0 Å². The molecule has 0 aliphatic carbocycles. The van der Waals surface area contributed by atoms with E-state index in [4.69, 9.17) is 11.6 Å². The maximum absolute atomic E-state index is 13.3. The van der Waals surface area contributed by atoms with Crippen molar-refractivity contribution in [1.29, 1.82) is 0 Å². The van der Waals surface area contributed by atoms with Crippen molar-refractivity contribution in [2.45, 2.75) is 6.92 Å². The van der Waals surface area contributed by atoms with E-state index in [1.807, 2.05) is 54.5 Å². The molecule has 7 heteroatoms. The summed E-state index contributed by atoms with van der Waals surface area (Å²) in [5.41, 5.74) is 8.14. The molecule has 6 nitrogen and oxygen atoms in total. The van der Waals surface area contributed by atoms with Gasteiger partial charge >= 0.3 is 0 Å². The minimum atomic E-state index is -0.298. The van der Waals surface area contributed by atoms with Crippen LogP contribution in [0.25, 0.3) is 0 Å². The number of para-hydroxylation sites is 2. The van der Waals surface area contributed by atoms with Crippen molar-refractivity contribution in [2.75, 3.05) is 15.2 Å². The predicted molar refractivity (Wildman–Crippen MR) is 127 cm³/mol. The van der Waals surface area contributed by atoms with Crippen molar-refractivity contribution in [3.63, 3.8) is 0 Å². The van der Waals surface area contributed by atoms with Gasteiger partial charge < -0.3 is 10.7 Å². The van der Waals surface area contributed by atoms with Crippen LogP contribution in [0.1, 0.15) is 26.3 Å². The monoisotopic (exact) mass is 442 g/mol. The molecule has 0 saturated heterocycles. The van der Waals surface area contributed by atoms with Crippen LogP contribution >= 0.6 is 11.6 Å². The van der Waals surface area contributed by atoms with E-state index in [1.54, 1.807) is 47.5 Å². The molecule has 2 aliphatic rings. The average Bonchev–Trinajstić information content (AvgIpc) is 3.29. The van der Waals surface area contributed by atoms with Crippen molar-refractivity contribution < 1.29 is 9.59 Å². The first-order chi connectivity index (χ1) is 15.5. The van der Waals surface area contributed by atoms with Gasteiger partial charge in [0, 0.05) is 23.7 Å². The zero-order chi connectivity index (χ0) is 22.2. The third kappa shape index (κ3) is 3.50. The van der Waals surface area contributed by atoms with Gasteiger partial charge in [0.15, 0.2) is 0 Å². The molecule has 2 N–H and O–H groups in total. The number of benzene rings is 3. The highest BCUT2D eigenvalue weighted by Gasteiger charge is 2.29. The number of nitrogens with zero attached hydrogens (tertiary/aromatic N) is 2. The van der Waals surface area contributed by atoms with Crippen LogP contribution in [-0.2, 0) is 0 Å². The van der Waals surface area contributed by atoms with E-state index in [9.17, 15) is 9.59 Å². The second-order valence-electron chi connectivity index (χ2n) is 7.53. The van der Waals surface area contributed by atoms with Gasteiger partial charge in [-0.2, -0.15) is 0 Å². The van der Waals surface area contributed by atoms with Gasteiger partial charge in [-0.1, -0.05) is 35.4 Å². The summed E-state index contributed by atoms with van der Waals surface area (Å²) in [6.07, 6.45) is 5.54. The van der Waals surface area contributed by atoms with E-state index in [-0.39, 0.29) is 11.8 Å². The standard InChI is InChI=1S/C25H19ClN4O2/c1-16-6-11-21(26)20(14-16)24(31)28-18-9-7-17(8-10-18)25(32)29-15-19-12-13-27-30(19)23-5-3-2-4-22(23)29/h2-15,27H,1H3,(H,28,31). The van der Waals surface area contributed by atoms with Gasteiger partial charge in [-0.15, -0.1) is 0 Å². The molecular weight excluding hydrogens is 424 g/mol. The summed E-state index contributed by atoms with van der Waals surface area (Å²) >= 11 is 6.16. The SMILES string of the molecule is Cc1ccc(Cl)c(C(=O)Nc2ccc(C(=O)N3C=C4C=CNN4c4ccccc43)cc2)c1. The molecule has 2 heterocycles. The Labute approximate surface area is 190 Å². The number of hydrazine groups is 1. The number of rotatable bonds is 3.